The van der Waals surface area contributed by atoms with Crippen LogP contribution in [-0.4, -0.2) is 29.0 Å². The molecule has 0 saturated carbocycles. The minimum Gasteiger partial charge on any atom is -0.507 e. The summed E-state index contributed by atoms with van der Waals surface area (Å²) in [6.45, 7) is 6.55. The number of benzene rings is 2. The van der Waals surface area contributed by atoms with Gasteiger partial charge in [-0.25, -0.2) is 17.8 Å². The van der Waals surface area contributed by atoms with E-state index in [4.69, 9.17) is 11.6 Å². The molecule has 0 fully saturated rings. The van der Waals surface area contributed by atoms with Crippen molar-refractivity contribution in [2.45, 2.75) is 43.5 Å². The lowest BCUT2D eigenvalue weighted by molar-refractivity contribution is -0.0435. The number of phenols is 1. The van der Waals surface area contributed by atoms with Crippen LogP contribution in [-0.2, 0) is 15.3 Å². The van der Waals surface area contributed by atoms with Gasteiger partial charge < -0.3 is 10.1 Å². The van der Waals surface area contributed by atoms with Crippen molar-refractivity contribution in [2.24, 2.45) is 0 Å². The second kappa shape index (κ2) is 7.45. The number of hydrogen-bond acceptors (Lipinski definition) is 5. The van der Waals surface area contributed by atoms with Crippen molar-refractivity contribution >= 4 is 32.3 Å². The average Bonchev–Trinajstić information content (AvgIpc) is 2.63. The predicted molar refractivity (Wildman–Crippen MR) is 111 cm³/mol. The first-order chi connectivity index (χ1) is 14.5. The average molecular weight is 493 g/mol. The SMILES string of the molecule is Cc1c(F)cc(C(C)(C)C)c(O)c1-c1nc2c(Cl)cc(S(=O)(=O)C(F)(F)F)cc2c(=O)[nH]1. The van der Waals surface area contributed by atoms with Gasteiger partial charge in [0.2, 0.25) is 0 Å². The van der Waals surface area contributed by atoms with Crippen molar-refractivity contribution in [1.29, 1.82) is 0 Å². The van der Waals surface area contributed by atoms with Crippen LogP contribution in [0.4, 0.5) is 17.6 Å². The molecule has 0 aliphatic carbocycles. The summed E-state index contributed by atoms with van der Waals surface area (Å²) in [4.78, 5) is 17.8. The Balaban J connectivity index is 2.37. The molecule has 0 aliphatic heterocycles. The van der Waals surface area contributed by atoms with E-state index in [0.29, 0.717) is 12.1 Å². The highest BCUT2D eigenvalue weighted by atomic mass is 35.5. The minimum atomic E-state index is -5.77. The summed E-state index contributed by atoms with van der Waals surface area (Å²) in [5.74, 6) is -1.30. The van der Waals surface area contributed by atoms with Gasteiger partial charge in [-0.15, -0.1) is 0 Å². The van der Waals surface area contributed by atoms with Gasteiger partial charge >= 0.3 is 5.51 Å². The molecule has 172 valence electrons. The van der Waals surface area contributed by atoms with Crippen LogP contribution in [0.15, 0.2) is 27.9 Å². The number of alkyl halides is 3. The van der Waals surface area contributed by atoms with E-state index in [0.717, 1.165) is 6.07 Å². The van der Waals surface area contributed by atoms with E-state index in [1.54, 1.807) is 20.8 Å². The summed E-state index contributed by atoms with van der Waals surface area (Å²) < 4.78 is 76.7. The zero-order valence-corrected chi connectivity index (χ0v) is 18.7. The Morgan fingerprint density at radius 2 is 1.72 bits per heavy atom. The minimum absolute atomic E-state index is 0.0367. The van der Waals surface area contributed by atoms with E-state index in [1.807, 2.05) is 0 Å². The lowest BCUT2D eigenvalue weighted by atomic mass is 9.84. The number of aromatic hydroxyl groups is 1. The topological polar surface area (TPSA) is 100 Å². The Morgan fingerprint density at radius 1 is 1.12 bits per heavy atom. The van der Waals surface area contributed by atoms with Crippen LogP contribution in [0.5, 0.6) is 5.75 Å². The number of nitrogens with one attached hydrogen (secondary N) is 1. The molecule has 0 radical (unpaired) electrons. The molecule has 1 heterocycles. The fraction of sp³-hybridized carbons (Fsp3) is 0.300. The lowest BCUT2D eigenvalue weighted by Crippen LogP contribution is -2.23. The Kier molecular flexibility index (Phi) is 5.58. The van der Waals surface area contributed by atoms with Gasteiger partial charge in [-0.05, 0) is 36.1 Å². The molecule has 0 saturated heterocycles. The number of aromatic nitrogens is 2. The van der Waals surface area contributed by atoms with Crippen molar-refractivity contribution in [3.8, 4) is 17.1 Å². The maximum absolute atomic E-state index is 14.6. The van der Waals surface area contributed by atoms with Crippen molar-refractivity contribution in [3.63, 3.8) is 0 Å². The Bertz CT molecular complexity index is 1420. The molecule has 12 heteroatoms. The van der Waals surface area contributed by atoms with Crippen molar-refractivity contribution in [3.05, 3.63) is 50.5 Å². The van der Waals surface area contributed by atoms with E-state index < -0.39 is 47.4 Å². The number of halogens is 5. The second-order valence-electron chi connectivity index (χ2n) is 8.17. The number of aromatic amines is 1. The quantitative estimate of drug-likeness (QED) is 0.491. The maximum atomic E-state index is 14.6. The van der Waals surface area contributed by atoms with Crippen molar-refractivity contribution < 1.29 is 31.1 Å². The highest BCUT2D eigenvalue weighted by molar-refractivity contribution is 7.92. The standard InChI is InChI=1S/C20H17ClF4N2O4S/c1-8-13(22)7-11(19(2,3)4)16(28)14(8)17-26-15-10(18(29)27-17)5-9(6-12(15)21)32(30,31)20(23,24)25/h5-7,28H,1-4H3,(H,26,27,29). The van der Waals surface area contributed by atoms with Crippen LogP contribution in [0.3, 0.4) is 0 Å². The van der Waals surface area contributed by atoms with Crippen LogP contribution in [0.2, 0.25) is 5.02 Å². The molecule has 0 amide bonds. The second-order valence-corrected chi connectivity index (χ2v) is 10.5. The number of sulfone groups is 1. The van der Waals surface area contributed by atoms with Crippen LogP contribution in [0.25, 0.3) is 22.3 Å². The number of hydrogen-bond donors (Lipinski definition) is 2. The Hall–Kier alpha value is -2.66. The van der Waals surface area contributed by atoms with Gasteiger partial charge in [-0.2, -0.15) is 13.2 Å². The predicted octanol–water partition coefficient (Wildman–Crippen LogP) is 4.99. The highest BCUT2D eigenvalue weighted by Gasteiger charge is 2.47. The van der Waals surface area contributed by atoms with Gasteiger partial charge in [0, 0.05) is 5.56 Å². The molecule has 0 atom stereocenters. The van der Waals surface area contributed by atoms with Crippen LogP contribution >= 0.6 is 11.6 Å². The molecule has 3 rings (SSSR count). The monoisotopic (exact) mass is 492 g/mol. The molecular weight excluding hydrogens is 476 g/mol. The number of nitrogens with zero attached hydrogens (tertiary/aromatic N) is 1. The molecule has 0 spiro atoms. The van der Waals surface area contributed by atoms with Crippen molar-refractivity contribution in [1.82, 2.24) is 9.97 Å². The van der Waals surface area contributed by atoms with E-state index >= 15 is 0 Å². The molecule has 2 N–H and O–H groups in total. The molecule has 0 aliphatic rings. The third kappa shape index (κ3) is 3.83. The van der Waals surface area contributed by atoms with E-state index in [-0.39, 0.29) is 33.8 Å². The van der Waals surface area contributed by atoms with Gasteiger partial charge in [0.1, 0.15) is 17.4 Å². The summed E-state index contributed by atoms with van der Waals surface area (Å²) >= 11 is 5.98. The normalized spacial score (nSPS) is 13.0. The molecule has 6 nitrogen and oxygen atoms in total. The first-order valence-corrected chi connectivity index (χ1v) is 10.9. The summed E-state index contributed by atoms with van der Waals surface area (Å²) in [5, 5.41) is 9.73. The summed E-state index contributed by atoms with van der Waals surface area (Å²) in [6.07, 6.45) is 0. The van der Waals surface area contributed by atoms with Gasteiger partial charge in [-0.3, -0.25) is 4.79 Å². The third-order valence-corrected chi connectivity index (χ3v) is 6.65. The Labute approximate surface area is 184 Å². The smallest absolute Gasteiger partial charge is 0.501 e. The number of H-pyrrole nitrogens is 1. The van der Waals surface area contributed by atoms with Gasteiger partial charge in [0.25, 0.3) is 15.4 Å². The van der Waals surface area contributed by atoms with E-state index in [2.05, 4.69) is 9.97 Å². The van der Waals surface area contributed by atoms with Crippen LogP contribution < -0.4 is 5.56 Å². The zero-order chi connectivity index (χ0) is 24.4. The summed E-state index contributed by atoms with van der Waals surface area (Å²) in [7, 11) is -5.77. The van der Waals surface area contributed by atoms with Crippen LogP contribution in [0.1, 0.15) is 31.9 Å². The number of fused-ring (bicyclic) bond motifs is 1. The highest BCUT2D eigenvalue weighted by Crippen LogP contribution is 2.41. The van der Waals surface area contributed by atoms with Crippen molar-refractivity contribution in [2.75, 3.05) is 0 Å². The maximum Gasteiger partial charge on any atom is 0.501 e. The first kappa shape index (κ1) is 24.0. The zero-order valence-electron chi connectivity index (χ0n) is 17.1. The van der Waals surface area contributed by atoms with Gasteiger partial charge in [0.05, 0.1) is 26.4 Å². The summed E-state index contributed by atoms with van der Waals surface area (Å²) in [6, 6.07) is 2.20. The van der Waals surface area contributed by atoms with Gasteiger partial charge in [0.15, 0.2) is 0 Å². The van der Waals surface area contributed by atoms with E-state index in [1.165, 1.54) is 6.92 Å². The van der Waals surface area contributed by atoms with Gasteiger partial charge in [-0.1, -0.05) is 32.4 Å². The lowest BCUT2D eigenvalue weighted by Gasteiger charge is -2.23. The first-order valence-electron chi connectivity index (χ1n) is 9.04. The molecule has 1 aromatic heterocycles. The molecule has 3 aromatic rings. The van der Waals surface area contributed by atoms with E-state index in [9.17, 15) is 35.9 Å². The Morgan fingerprint density at radius 3 is 2.25 bits per heavy atom. The molecule has 0 unspecified atom stereocenters. The molecule has 0 bridgehead atoms. The fourth-order valence-electron chi connectivity index (χ4n) is 3.18. The largest absolute Gasteiger partial charge is 0.507 e. The number of phenolic OH excluding ortho intramolecular Hbond substituents is 1. The number of rotatable bonds is 2. The fourth-order valence-corrected chi connectivity index (χ4v) is 4.32. The van der Waals surface area contributed by atoms with Crippen LogP contribution in [0, 0.1) is 12.7 Å². The molecule has 2 aromatic carbocycles. The summed E-state index contributed by atoms with van der Waals surface area (Å²) in [5.41, 5.74) is -7.54. The molecular formula is C20H17ClF4N2O4S. The third-order valence-electron chi connectivity index (χ3n) is 4.89. The molecule has 32 heavy (non-hydrogen) atoms.